The van der Waals surface area contributed by atoms with E-state index in [1.165, 1.54) is 18.2 Å². The molecule has 1 fully saturated rings. The van der Waals surface area contributed by atoms with Crippen LogP contribution in [-0.2, 0) is 0 Å². The van der Waals surface area contributed by atoms with E-state index in [1.54, 1.807) is 11.1 Å². The number of aromatic nitrogens is 1. The van der Waals surface area contributed by atoms with Crippen LogP contribution in [-0.4, -0.2) is 52.3 Å². The molecule has 1 aromatic carbocycles. The van der Waals surface area contributed by atoms with E-state index in [0.717, 1.165) is 5.82 Å². The zero-order chi connectivity index (χ0) is 16.2. The summed E-state index contributed by atoms with van der Waals surface area (Å²) in [6.45, 7) is 2.56. The Hall–Kier alpha value is -2.96. The fourth-order valence-electron chi connectivity index (χ4n) is 2.55. The minimum atomic E-state index is -0.254. The molecule has 2 aromatic rings. The van der Waals surface area contributed by atoms with Crippen molar-refractivity contribution < 1.29 is 15.0 Å². The van der Waals surface area contributed by atoms with Crippen molar-refractivity contribution in [3.8, 4) is 11.5 Å². The Bertz CT molecular complexity index is 665. The van der Waals surface area contributed by atoms with Crippen LogP contribution in [0.5, 0.6) is 11.5 Å². The largest absolute Gasteiger partial charge is 0.508 e. The number of carbonyl (C=O) groups excluding carboxylic acids is 1. The van der Waals surface area contributed by atoms with Crippen molar-refractivity contribution in [1.82, 2.24) is 9.88 Å². The second-order valence-electron chi connectivity index (χ2n) is 5.33. The van der Waals surface area contributed by atoms with Crippen LogP contribution in [0.4, 0.5) is 16.3 Å². The van der Waals surface area contributed by atoms with Crippen molar-refractivity contribution in [3.63, 3.8) is 0 Å². The van der Waals surface area contributed by atoms with Gasteiger partial charge in [0.15, 0.2) is 0 Å². The topological polar surface area (TPSA) is 88.9 Å². The number of hydrogen-bond donors (Lipinski definition) is 3. The van der Waals surface area contributed by atoms with E-state index in [4.69, 9.17) is 0 Å². The molecular weight excluding hydrogens is 296 g/mol. The van der Waals surface area contributed by atoms with Crippen LogP contribution in [0.1, 0.15) is 0 Å². The molecule has 1 saturated heterocycles. The minimum Gasteiger partial charge on any atom is -0.508 e. The van der Waals surface area contributed by atoms with Gasteiger partial charge in [0.25, 0.3) is 0 Å². The summed E-state index contributed by atoms with van der Waals surface area (Å²) in [5.41, 5.74) is 0.361. The maximum Gasteiger partial charge on any atom is 0.321 e. The van der Waals surface area contributed by atoms with Crippen LogP contribution >= 0.6 is 0 Å². The van der Waals surface area contributed by atoms with E-state index in [2.05, 4.69) is 15.2 Å². The van der Waals surface area contributed by atoms with Crippen molar-refractivity contribution in [2.45, 2.75) is 0 Å². The Balaban J connectivity index is 1.58. The number of amides is 2. The molecule has 0 radical (unpaired) electrons. The average Bonchev–Trinajstić information content (AvgIpc) is 2.55. The Labute approximate surface area is 133 Å². The summed E-state index contributed by atoms with van der Waals surface area (Å²) in [4.78, 5) is 20.4. The molecule has 1 aliphatic heterocycles. The lowest BCUT2D eigenvalue weighted by molar-refractivity contribution is 0.208. The number of benzene rings is 1. The highest BCUT2D eigenvalue weighted by molar-refractivity contribution is 5.90. The van der Waals surface area contributed by atoms with Crippen molar-refractivity contribution in [3.05, 3.63) is 42.6 Å². The van der Waals surface area contributed by atoms with Gasteiger partial charge in [0.2, 0.25) is 0 Å². The first kappa shape index (κ1) is 15.0. The van der Waals surface area contributed by atoms with Gasteiger partial charge in [-0.25, -0.2) is 9.78 Å². The summed E-state index contributed by atoms with van der Waals surface area (Å²) < 4.78 is 0. The van der Waals surface area contributed by atoms with Crippen molar-refractivity contribution >= 4 is 17.5 Å². The Kier molecular flexibility index (Phi) is 4.18. The summed E-state index contributed by atoms with van der Waals surface area (Å²) in [6.07, 6.45) is 1.75. The molecule has 0 unspecified atom stereocenters. The first-order chi connectivity index (χ1) is 11.1. The van der Waals surface area contributed by atoms with Crippen LogP contribution in [0.15, 0.2) is 42.6 Å². The number of nitrogens with one attached hydrogen (secondary N) is 1. The molecule has 0 saturated carbocycles. The van der Waals surface area contributed by atoms with E-state index in [-0.39, 0.29) is 17.5 Å². The van der Waals surface area contributed by atoms with Crippen molar-refractivity contribution in [1.29, 1.82) is 0 Å². The quantitative estimate of drug-likeness (QED) is 0.787. The van der Waals surface area contributed by atoms with Gasteiger partial charge in [-0.2, -0.15) is 0 Å². The normalized spacial score (nSPS) is 14.6. The molecular formula is C16H18N4O3. The number of rotatable bonds is 2. The fourth-order valence-corrected chi connectivity index (χ4v) is 2.55. The van der Waals surface area contributed by atoms with Crippen LogP contribution in [0.25, 0.3) is 0 Å². The molecule has 0 spiro atoms. The maximum absolute atomic E-state index is 12.3. The molecule has 120 valence electrons. The molecule has 2 heterocycles. The monoisotopic (exact) mass is 314 g/mol. The van der Waals surface area contributed by atoms with E-state index in [9.17, 15) is 15.0 Å². The van der Waals surface area contributed by atoms with Gasteiger partial charge in [-0.05, 0) is 12.1 Å². The highest BCUT2D eigenvalue weighted by Gasteiger charge is 2.22. The number of phenols is 2. The number of urea groups is 1. The van der Waals surface area contributed by atoms with Gasteiger partial charge in [0.05, 0.1) is 0 Å². The zero-order valence-electron chi connectivity index (χ0n) is 12.5. The smallest absolute Gasteiger partial charge is 0.321 e. The number of anilines is 2. The third-order valence-electron chi connectivity index (χ3n) is 3.69. The Morgan fingerprint density at radius 3 is 2.35 bits per heavy atom. The van der Waals surface area contributed by atoms with Gasteiger partial charge in [0.1, 0.15) is 17.3 Å². The number of pyridine rings is 1. The predicted octanol–water partition coefficient (Wildman–Crippen LogP) is 1.85. The van der Waals surface area contributed by atoms with Crippen molar-refractivity contribution in [2.75, 3.05) is 36.4 Å². The first-order valence-electron chi connectivity index (χ1n) is 7.37. The number of nitrogens with zero attached hydrogens (tertiary/aromatic N) is 3. The molecule has 0 bridgehead atoms. The molecule has 7 nitrogen and oxygen atoms in total. The van der Waals surface area contributed by atoms with Gasteiger partial charge < -0.3 is 25.3 Å². The molecule has 3 rings (SSSR count). The highest BCUT2D eigenvalue weighted by atomic mass is 16.3. The lowest BCUT2D eigenvalue weighted by atomic mass is 10.2. The van der Waals surface area contributed by atoms with Crippen LogP contribution in [0.2, 0.25) is 0 Å². The van der Waals surface area contributed by atoms with E-state index < -0.39 is 0 Å². The van der Waals surface area contributed by atoms with E-state index >= 15 is 0 Å². The minimum absolute atomic E-state index is 0.0970. The first-order valence-corrected chi connectivity index (χ1v) is 7.37. The number of aromatic hydroxyl groups is 2. The zero-order valence-corrected chi connectivity index (χ0v) is 12.5. The third kappa shape index (κ3) is 3.63. The molecule has 1 aromatic heterocycles. The summed E-state index contributed by atoms with van der Waals surface area (Å²) >= 11 is 0. The lowest BCUT2D eigenvalue weighted by Crippen LogP contribution is -2.50. The summed E-state index contributed by atoms with van der Waals surface area (Å²) in [5, 5.41) is 21.6. The van der Waals surface area contributed by atoms with Gasteiger partial charge in [0, 0.05) is 56.3 Å². The summed E-state index contributed by atoms with van der Waals surface area (Å²) in [6, 6.07) is 9.50. The SMILES string of the molecule is O=C(Nc1cc(O)cc(O)c1)N1CCN(c2ccccn2)CC1. The highest BCUT2D eigenvalue weighted by Crippen LogP contribution is 2.24. The molecule has 3 N–H and O–H groups in total. The molecule has 0 atom stereocenters. The maximum atomic E-state index is 12.3. The van der Waals surface area contributed by atoms with Crippen molar-refractivity contribution in [2.24, 2.45) is 0 Å². The average molecular weight is 314 g/mol. The third-order valence-corrected chi connectivity index (χ3v) is 3.69. The number of phenolic OH excluding ortho intramolecular Hbond substituents is 2. The summed E-state index contributed by atoms with van der Waals surface area (Å²) in [5.74, 6) is 0.714. The van der Waals surface area contributed by atoms with Crippen LogP contribution in [0, 0.1) is 0 Å². The number of carbonyl (C=O) groups is 1. The standard InChI is InChI=1S/C16H18N4O3/c21-13-9-12(10-14(22)11-13)18-16(23)20-7-5-19(6-8-20)15-3-1-2-4-17-15/h1-4,9-11,21-22H,5-8H2,(H,18,23). The van der Waals surface area contributed by atoms with Gasteiger partial charge in [-0.15, -0.1) is 0 Å². The Morgan fingerprint density at radius 2 is 1.74 bits per heavy atom. The van der Waals surface area contributed by atoms with Crippen LogP contribution < -0.4 is 10.2 Å². The second-order valence-corrected chi connectivity index (χ2v) is 5.33. The van der Waals surface area contributed by atoms with Gasteiger partial charge in [-0.3, -0.25) is 0 Å². The number of piperazine rings is 1. The van der Waals surface area contributed by atoms with Gasteiger partial charge in [-0.1, -0.05) is 6.07 Å². The van der Waals surface area contributed by atoms with Gasteiger partial charge >= 0.3 is 6.03 Å². The molecule has 2 amide bonds. The second kappa shape index (κ2) is 6.43. The fraction of sp³-hybridized carbons (Fsp3) is 0.250. The predicted molar refractivity (Wildman–Crippen MR) is 86.8 cm³/mol. The van der Waals surface area contributed by atoms with E-state index in [0.29, 0.717) is 31.9 Å². The summed E-state index contributed by atoms with van der Waals surface area (Å²) in [7, 11) is 0. The molecule has 23 heavy (non-hydrogen) atoms. The van der Waals surface area contributed by atoms with E-state index in [1.807, 2.05) is 18.2 Å². The Morgan fingerprint density at radius 1 is 1.04 bits per heavy atom. The molecule has 7 heteroatoms. The number of hydrogen-bond acceptors (Lipinski definition) is 5. The lowest BCUT2D eigenvalue weighted by Gasteiger charge is -2.35. The molecule has 0 aliphatic carbocycles. The van der Waals surface area contributed by atoms with Crippen LogP contribution in [0.3, 0.4) is 0 Å². The molecule has 1 aliphatic rings.